The topological polar surface area (TPSA) is 132 Å². The Balaban J connectivity index is 3.04. The number of nitrogens with zero attached hydrogens (tertiary/aromatic N) is 3. The van der Waals surface area contributed by atoms with Crippen molar-refractivity contribution in [1.82, 2.24) is 9.91 Å². The zero-order chi connectivity index (χ0) is 17.6. The number of hydrogen-bond donors (Lipinski definition) is 3. The molecule has 0 radical (unpaired) electrons. The lowest BCUT2D eigenvalue weighted by Gasteiger charge is -2.43. The molecule has 1 heterocycles. The molecular weight excluding hydrogens is 334 g/mol. The number of hydrogen-bond acceptors (Lipinski definition) is 8. The summed E-state index contributed by atoms with van der Waals surface area (Å²) in [6.45, 7) is 1.29. The Hall–Kier alpha value is -1.04. The number of rotatable bonds is 7. The summed E-state index contributed by atoms with van der Waals surface area (Å²) >= 11 is 5.53. The van der Waals surface area contributed by atoms with Gasteiger partial charge in [0.1, 0.15) is 18.3 Å². The highest BCUT2D eigenvalue weighted by molar-refractivity contribution is 6.18. The van der Waals surface area contributed by atoms with Crippen molar-refractivity contribution in [2.45, 2.75) is 37.5 Å². The summed E-state index contributed by atoms with van der Waals surface area (Å²) in [5.41, 5.74) is 0. The first-order chi connectivity index (χ1) is 10.9. The number of alkyl halides is 1. The van der Waals surface area contributed by atoms with Crippen LogP contribution in [0.2, 0.25) is 0 Å². The van der Waals surface area contributed by atoms with Gasteiger partial charge < -0.3 is 24.8 Å². The predicted octanol–water partition coefficient (Wildman–Crippen LogP) is -0.895. The lowest BCUT2D eigenvalue weighted by molar-refractivity contribution is -0.226. The number of carbonyl (C=O) groups excluding carboxylic acids is 1. The summed E-state index contributed by atoms with van der Waals surface area (Å²) in [7, 11) is 1.42. The van der Waals surface area contributed by atoms with E-state index in [1.165, 1.54) is 7.11 Å². The summed E-state index contributed by atoms with van der Waals surface area (Å²) in [6.07, 6.45) is -5.61. The van der Waals surface area contributed by atoms with Crippen molar-refractivity contribution in [2.24, 2.45) is 5.29 Å². The van der Waals surface area contributed by atoms with Crippen LogP contribution in [0.3, 0.4) is 0 Å². The zero-order valence-corrected chi connectivity index (χ0v) is 13.7. The maximum absolute atomic E-state index is 12.5. The third-order valence-electron chi connectivity index (χ3n) is 3.47. The van der Waals surface area contributed by atoms with Crippen molar-refractivity contribution in [3.05, 3.63) is 4.91 Å². The van der Waals surface area contributed by atoms with E-state index in [2.05, 4.69) is 5.29 Å². The van der Waals surface area contributed by atoms with Crippen LogP contribution in [0.1, 0.15) is 6.92 Å². The molecular formula is C12H22ClN3O7. The van der Waals surface area contributed by atoms with Gasteiger partial charge in [0.05, 0.1) is 31.1 Å². The summed E-state index contributed by atoms with van der Waals surface area (Å²) < 4.78 is 10.3. The van der Waals surface area contributed by atoms with Gasteiger partial charge in [0.15, 0.2) is 6.23 Å². The number of aliphatic hydroxyl groups is 3. The summed E-state index contributed by atoms with van der Waals surface area (Å²) in [5.74, 6) is -0.0145. The molecule has 134 valence electrons. The van der Waals surface area contributed by atoms with Crippen molar-refractivity contribution in [3.63, 3.8) is 0 Å². The van der Waals surface area contributed by atoms with E-state index in [0.29, 0.717) is 5.01 Å². The van der Waals surface area contributed by atoms with Crippen LogP contribution in [-0.2, 0) is 9.47 Å². The van der Waals surface area contributed by atoms with Gasteiger partial charge >= 0.3 is 6.03 Å². The van der Waals surface area contributed by atoms with E-state index in [4.69, 9.17) is 21.1 Å². The minimum Gasteiger partial charge on any atom is -0.388 e. The number of nitroso groups, excluding NO2 is 1. The maximum atomic E-state index is 12.5. The summed E-state index contributed by atoms with van der Waals surface area (Å²) in [6, 6.07) is -1.45. The fourth-order valence-corrected chi connectivity index (χ4v) is 2.45. The number of methoxy groups -OCH3 is 1. The van der Waals surface area contributed by atoms with E-state index < -0.39 is 36.6 Å². The molecule has 3 N–H and O–H groups in total. The lowest BCUT2D eigenvalue weighted by atomic mass is 10.0. The highest BCUT2D eigenvalue weighted by atomic mass is 35.5. The molecule has 1 aliphatic rings. The van der Waals surface area contributed by atoms with Gasteiger partial charge in [0, 0.05) is 13.0 Å². The normalized spacial score (nSPS) is 29.0. The zero-order valence-electron chi connectivity index (χ0n) is 12.9. The monoisotopic (exact) mass is 355 g/mol. The third-order valence-corrected chi connectivity index (χ3v) is 3.64. The van der Waals surface area contributed by atoms with E-state index in [9.17, 15) is 25.0 Å². The molecule has 0 aromatic heterocycles. The fraction of sp³-hybridized carbons (Fsp3) is 0.917. The van der Waals surface area contributed by atoms with Crippen LogP contribution in [0.15, 0.2) is 5.29 Å². The predicted molar refractivity (Wildman–Crippen MR) is 79.6 cm³/mol. The van der Waals surface area contributed by atoms with Crippen molar-refractivity contribution in [2.75, 3.05) is 32.7 Å². The Morgan fingerprint density at radius 2 is 2.09 bits per heavy atom. The highest BCUT2D eigenvalue weighted by Gasteiger charge is 2.45. The molecule has 1 aliphatic heterocycles. The highest BCUT2D eigenvalue weighted by Crippen LogP contribution is 2.22. The third kappa shape index (κ3) is 4.72. The number of amides is 2. The SMILES string of the molecule is COCC(C)N(C(=O)N(CCCl)N=O)C1OC[C@H](O)[C@H](O)[C@H]1O. The molecule has 0 aliphatic carbocycles. The fourth-order valence-electron chi connectivity index (χ4n) is 2.29. The van der Waals surface area contributed by atoms with Gasteiger partial charge in [-0.3, -0.25) is 4.90 Å². The summed E-state index contributed by atoms with van der Waals surface area (Å²) in [5, 5.41) is 32.6. The Morgan fingerprint density at radius 1 is 1.43 bits per heavy atom. The van der Waals surface area contributed by atoms with Crippen molar-refractivity contribution in [3.8, 4) is 0 Å². The smallest absolute Gasteiger partial charge is 0.345 e. The number of halogens is 1. The first kappa shape index (κ1) is 20.0. The molecule has 0 saturated carbocycles. The largest absolute Gasteiger partial charge is 0.388 e. The number of aliphatic hydroxyl groups excluding tert-OH is 3. The van der Waals surface area contributed by atoms with Gasteiger partial charge in [-0.2, -0.15) is 5.01 Å². The minimum absolute atomic E-state index is 0.0145. The molecule has 0 spiro atoms. The second-order valence-electron chi connectivity index (χ2n) is 5.16. The molecule has 11 heteroatoms. The van der Waals surface area contributed by atoms with E-state index in [-0.39, 0.29) is 25.6 Å². The molecule has 10 nitrogen and oxygen atoms in total. The Labute approximate surface area is 138 Å². The molecule has 0 bridgehead atoms. The molecule has 0 aromatic rings. The van der Waals surface area contributed by atoms with Gasteiger partial charge in [-0.15, -0.1) is 16.5 Å². The van der Waals surface area contributed by atoms with Gasteiger partial charge in [-0.1, -0.05) is 0 Å². The molecule has 1 rings (SSSR count). The van der Waals surface area contributed by atoms with E-state index >= 15 is 0 Å². The molecule has 1 fully saturated rings. The van der Waals surface area contributed by atoms with E-state index in [1.54, 1.807) is 6.92 Å². The van der Waals surface area contributed by atoms with Crippen LogP contribution in [0.5, 0.6) is 0 Å². The van der Waals surface area contributed by atoms with Gasteiger partial charge in [0.2, 0.25) is 0 Å². The number of ether oxygens (including phenoxy) is 2. The van der Waals surface area contributed by atoms with Gasteiger partial charge in [0.25, 0.3) is 0 Å². The van der Waals surface area contributed by atoms with Crippen LogP contribution in [0, 0.1) is 4.91 Å². The van der Waals surface area contributed by atoms with E-state index in [0.717, 1.165) is 4.90 Å². The van der Waals surface area contributed by atoms with Crippen LogP contribution >= 0.6 is 11.6 Å². The van der Waals surface area contributed by atoms with Crippen LogP contribution in [-0.4, -0.2) is 94.6 Å². The van der Waals surface area contributed by atoms with E-state index in [1.807, 2.05) is 0 Å². The average molecular weight is 356 g/mol. The maximum Gasteiger partial charge on any atom is 0.345 e. The quantitative estimate of drug-likeness (QED) is 0.306. The van der Waals surface area contributed by atoms with Crippen LogP contribution in [0.25, 0.3) is 0 Å². The number of carbonyl (C=O) groups is 1. The Kier molecular flexibility index (Phi) is 8.09. The van der Waals surface area contributed by atoms with Crippen LogP contribution in [0.4, 0.5) is 4.79 Å². The second-order valence-corrected chi connectivity index (χ2v) is 5.54. The first-order valence-corrected chi connectivity index (χ1v) is 7.56. The number of urea groups is 1. The van der Waals surface area contributed by atoms with Crippen LogP contribution < -0.4 is 0 Å². The average Bonchev–Trinajstić information content (AvgIpc) is 2.52. The minimum atomic E-state index is -1.56. The standard InChI is InChI=1S/C12H22ClN3O7/c1-7(5-22-2)16(12(20)15(14-21)4-3-13)11-10(19)9(18)8(17)6-23-11/h7-11,17-19H,3-6H2,1-2H3/t7?,8-,9-,10+,11?/m0/s1. The molecule has 2 amide bonds. The Morgan fingerprint density at radius 3 is 2.61 bits per heavy atom. The van der Waals surface area contributed by atoms with Crippen molar-refractivity contribution in [1.29, 1.82) is 0 Å². The second kappa shape index (κ2) is 9.30. The molecule has 23 heavy (non-hydrogen) atoms. The van der Waals surface area contributed by atoms with Gasteiger partial charge in [-0.25, -0.2) is 4.79 Å². The van der Waals surface area contributed by atoms with Crippen molar-refractivity contribution < 1.29 is 29.6 Å². The van der Waals surface area contributed by atoms with Crippen molar-refractivity contribution >= 4 is 17.6 Å². The molecule has 0 aromatic carbocycles. The molecule has 5 atom stereocenters. The molecule has 1 saturated heterocycles. The first-order valence-electron chi connectivity index (χ1n) is 7.02. The van der Waals surface area contributed by atoms with Gasteiger partial charge in [-0.05, 0) is 6.92 Å². The molecule has 2 unspecified atom stereocenters. The lowest BCUT2D eigenvalue weighted by Crippen LogP contribution is -2.64. The Bertz CT molecular complexity index is 403. The summed E-state index contributed by atoms with van der Waals surface area (Å²) in [4.78, 5) is 24.4.